The van der Waals surface area contributed by atoms with Gasteiger partial charge in [0.15, 0.2) is 11.5 Å². The van der Waals surface area contributed by atoms with E-state index in [1.54, 1.807) is 42.5 Å². The summed E-state index contributed by atoms with van der Waals surface area (Å²) < 4.78 is 11.4. The molecule has 1 amide bonds. The van der Waals surface area contributed by atoms with Gasteiger partial charge in [-0.15, -0.1) is 0 Å². The maximum atomic E-state index is 12.3. The first kappa shape index (κ1) is 19.4. The van der Waals surface area contributed by atoms with E-state index >= 15 is 0 Å². The van der Waals surface area contributed by atoms with Gasteiger partial charge in [0.25, 0.3) is 5.91 Å². The Kier molecular flexibility index (Phi) is 5.30. The molecule has 1 aliphatic rings. The molecule has 1 aliphatic heterocycles. The van der Waals surface area contributed by atoms with E-state index in [9.17, 15) is 14.9 Å². The molecule has 4 rings (SSSR count). The number of hydrogen-bond acceptors (Lipinski definition) is 9. The minimum atomic E-state index is -0.649. The van der Waals surface area contributed by atoms with Gasteiger partial charge in [-0.25, -0.2) is 9.97 Å². The fourth-order valence-corrected chi connectivity index (χ4v) is 2.90. The second-order valence-corrected chi connectivity index (χ2v) is 6.87. The molecule has 0 saturated carbocycles. The van der Waals surface area contributed by atoms with Crippen LogP contribution < -0.4 is 25.6 Å². The SMILES string of the molecule is O=C(NNc1ncnc(Nc2ccc3c(c2)OCO3)c1[N+](=O)[O-])c1ccc(Br)cc1. The van der Waals surface area contributed by atoms with E-state index in [-0.39, 0.29) is 18.4 Å². The van der Waals surface area contributed by atoms with Gasteiger partial charge in [-0.05, 0) is 36.4 Å². The Morgan fingerprint density at radius 1 is 1.07 bits per heavy atom. The largest absolute Gasteiger partial charge is 0.454 e. The van der Waals surface area contributed by atoms with E-state index in [0.717, 1.165) is 10.8 Å². The van der Waals surface area contributed by atoms with Crippen LogP contribution in [0.5, 0.6) is 11.5 Å². The molecule has 30 heavy (non-hydrogen) atoms. The normalized spacial score (nSPS) is 11.6. The molecule has 0 spiro atoms. The molecule has 0 fully saturated rings. The monoisotopic (exact) mass is 472 g/mol. The number of anilines is 3. The number of amides is 1. The first-order valence-corrected chi connectivity index (χ1v) is 9.28. The molecule has 152 valence electrons. The molecule has 0 atom stereocenters. The van der Waals surface area contributed by atoms with Crippen molar-refractivity contribution in [3.63, 3.8) is 0 Å². The van der Waals surface area contributed by atoms with Gasteiger partial charge in [-0.3, -0.25) is 25.8 Å². The smallest absolute Gasteiger partial charge is 0.355 e. The highest BCUT2D eigenvalue weighted by Gasteiger charge is 2.24. The van der Waals surface area contributed by atoms with E-state index in [1.165, 1.54) is 0 Å². The fraction of sp³-hybridized carbons (Fsp3) is 0.0556. The lowest BCUT2D eigenvalue weighted by Gasteiger charge is -2.11. The summed E-state index contributed by atoms with van der Waals surface area (Å²) in [6.07, 6.45) is 1.14. The van der Waals surface area contributed by atoms with Crippen molar-refractivity contribution in [3.8, 4) is 11.5 Å². The quantitative estimate of drug-likeness (QED) is 0.363. The number of rotatable bonds is 6. The molecule has 2 heterocycles. The zero-order valence-corrected chi connectivity index (χ0v) is 16.7. The summed E-state index contributed by atoms with van der Waals surface area (Å²) in [5, 5.41) is 14.5. The van der Waals surface area contributed by atoms with E-state index in [1.807, 2.05) is 0 Å². The van der Waals surface area contributed by atoms with Crippen LogP contribution in [0.25, 0.3) is 0 Å². The highest BCUT2D eigenvalue weighted by atomic mass is 79.9. The Morgan fingerprint density at radius 2 is 1.80 bits per heavy atom. The van der Waals surface area contributed by atoms with E-state index < -0.39 is 16.5 Å². The number of ether oxygens (including phenoxy) is 2. The topological polar surface area (TPSA) is 141 Å². The number of nitrogens with zero attached hydrogens (tertiary/aromatic N) is 3. The molecule has 0 saturated heterocycles. The van der Waals surface area contributed by atoms with Crippen LogP contribution in [-0.2, 0) is 0 Å². The van der Waals surface area contributed by atoms with Crippen LogP contribution in [0.1, 0.15) is 10.4 Å². The molecule has 1 aromatic heterocycles. The average molecular weight is 473 g/mol. The highest BCUT2D eigenvalue weighted by molar-refractivity contribution is 9.10. The summed E-state index contributed by atoms with van der Waals surface area (Å²) in [5.74, 6) is 0.367. The van der Waals surface area contributed by atoms with Crippen molar-refractivity contribution in [1.29, 1.82) is 0 Å². The van der Waals surface area contributed by atoms with Crippen LogP contribution in [0.4, 0.5) is 23.0 Å². The number of carbonyl (C=O) groups is 1. The third-order valence-electron chi connectivity index (χ3n) is 4.04. The van der Waals surface area contributed by atoms with Crippen LogP contribution in [0.2, 0.25) is 0 Å². The molecular formula is C18H13BrN6O5. The van der Waals surface area contributed by atoms with Crippen molar-refractivity contribution in [2.24, 2.45) is 0 Å². The number of fused-ring (bicyclic) bond motifs is 1. The Labute approximate surface area is 177 Å². The lowest BCUT2D eigenvalue weighted by Crippen LogP contribution is -2.30. The van der Waals surface area contributed by atoms with Gasteiger partial charge in [-0.1, -0.05) is 15.9 Å². The lowest BCUT2D eigenvalue weighted by atomic mass is 10.2. The first-order chi connectivity index (χ1) is 14.5. The third-order valence-corrected chi connectivity index (χ3v) is 4.57. The van der Waals surface area contributed by atoms with E-state index in [2.05, 4.69) is 42.1 Å². The fourth-order valence-electron chi connectivity index (χ4n) is 2.64. The van der Waals surface area contributed by atoms with Gasteiger partial charge in [0.2, 0.25) is 18.4 Å². The Balaban J connectivity index is 1.54. The minimum Gasteiger partial charge on any atom is -0.454 e. The zero-order valence-electron chi connectivity index (χ0n) is 15.1. The second-order valence-electron chi connectivity index (χ2n) is 5.96. The molecular weight excluding hydrogens is 460 g/mol. The molecule has 0 bridgehead atoms. The maximum absolute atomic E-state index is 12.3. The molecule has 11 nitrogen and oxygen atoms in total. The summed E-state index contributed by atoms with van der Waals surface area (Å²) in [6, 6.07) is 11.6. The number of carbonyl (C=O) groups excluding carboxylic acids is 1. The first-order valence-electron chi connectivity index (χ1n) is 8.49. The predicted octanol–water partition coefficient (Wildman–Crippen LogP) is 3.38. The summed E-state index contributed by atoms with van der Waals surface area (Å²) in [4.78, 5) is 31.1. The Hall–Kier alpha value is -3.93. The van der Waals surface area contributed by atoms with E-state index in [0.29, 0.717) is 22.7 Å². The number of aromatic nitrogens is 2. The molecule has 3 aromatic rings. The molecule has 2 aromatic carbocycles. The van der Waals surface area contributed by atoms with Gasteiger partial charge in [0, 0.05) is 21.8 Å². The van der Waals surface area contributed by atoms with Gasteiger partial charge >= 0.3 is 5.69 Å². The number of nitrogens with one attached hydrogen (secondary N) is 3. The standard InChI is InChI=1S/C18H13BrN6O5/c19-11-3-1-10(2-4-11)18(26)24-23-17-15(25(27)28)16(20-8-21-17)22-12-5-6-13-14(7-12)30-9-29-13/h1-8H,9H2,(H,24,26)(H2,20,21,22,23). The van der Waals surface area contributed by atoms with Gasteiger partial charge in [-0.2, -0.15) is 0 Å². The third kappa shape index (κ3) is 4.07. The van der Waals surface area contributed by atoms with Crippen LogP contribution in [0, 0.1) is 10.1 Å². The van der Waals surface area contributed by atoms with Crippen LogP contribution in [0.3, 0.4) is 0 Å². The van der Waals surface area contributed by atoms with Crippen LogP contribution in [-0.4, -0.2) is 27.6 Å². The predicted molar refractivity (Wildman–Crippen MR) is 110 cm³/mol. The van der Waals surface area contributed by atoms with Crippen LogP contribution in [0.15, 0.2) is 53.3 Å². The highest BCUT2D eigenvalue weighted by Crippen LogP contribution is 2.37. The van der Waals surface area contributed by atoms with Crippen LogP contribution >= 0.6 is 15.9 Å². The van der Waals surface area contributed by atoms with Crippen molar-refractivity contribution >= 4 is 44.8 Å². The van der Waals surface area contributed by atoms with Crippen molar-refractivity contribution in [3.05, 3.63) is 68.9 Å². The van der Waals surface area contributed by atoms with Gasteiger partial charge in [0.1, 0.15) is 6.33 Å². The second kappa shape index (κ2) is 8.21. The summed E-state index contributed by atoms with van der Waals surface area (Å²) in [5.41, 5.74) is 5.31. The lowest BCUT2D eigenvalue weighted by molar-refractivity contribution is -0.383. The summed E-state index contributed by atoms with van der Waals surface area (Å²) >= 11 is 3.29. The average Bonchev–Trinajstić information content (AvgIpc) is 3.20. The zero-order chi connectivity index (χ0) is 21.1. The van der Waals surface area contributed by atoms with Crippen molar-refractivity contribution in [1.82, 2.24) is 15.4 Å². The number of hydrogen-bond donors (Lipinski definition) is 3. The summed E-state index contributed by atoms with van der Waals surface area (Å²) in [7, 11) is 0. The molecule has 0 radical (unpaired) electrons. The Morgan fingerprint density at radius 3 is 2.57 bits per heavy atom. The van der Waals surface area contributed by atoms with Gasteiger partial charge in [0.05, 0.1) is 4.92 Å². The minimum absolute atomic E-state index is 0.0609. The molecule has 3 N–H and O–H groups in total. The van der Waals surface area contributed by atoms with E-state index in [4.69, 9.17) is 9.47 Å². The molecule has 0 aliphatic carbocycles. The molecule has 12 heteroatoms. The van der Waals surface area contributed by atoms with Gasteiger partial charge < -0.3 is 14.8 Å². The number of nitro groups is 1. The van der Waals surface area contributed by atoms with Crippen molar-refractivity contribution in [2.45, 2.75) is 0 Å². The number of halogens is 1. The van der Waals surface area contributed by atoms with Crippen molar-refractivity contribution in [2.75, 3.05) is 17.5 Å². The molecule has 0 unspecified atom stereocenters. The summed E-state index contributed by atoms with van der Waals surface area (Å²) in [6.45, 7) is 0.110. The number of benzene rings is 2. The maximum Gasteiger partial charge on any atom is 0.355 e. The van der Waals surface area contributed by atoms with Crippen molar-refractivity contribution < 1.29 is 19.2 Å². The number of hydrazine groups is 1. The Bertz CT molecular complexity index is 1120.